The van der Waals surface area contributed by atoms with Crippen molar-refractivity contribution in [2.24, 2.45) is 0 Å². The second-order valence-electron chi connectivity index (χ2n) is 7.82. The zero-order chi connectivity index (χ0) is 25.4. The predicted molar refractivity (Wildman–Crippen MR) is 124 cm³/mol. The second-order valence-corrected chi connectivity index (χ2v) is 7.82. The number of benzene rings is 2. The van der Waals surface area contributed by atoms with Gasteiger partial charge in [0.2, 0.25) is 0 Å². The third-order valence-electron chi connectivity index (χ3n) is 5.17. The van der Waals surface area contributed by atoms with Crippen LogP contribution in [0.5, 0.6) is 23.0 Å². The minimum absolute atomic E-state index is 0.00422. The van der Waals surface area contributed by atoms with Gasteiger partial charge in [-0.1, -0.05) is 26.0 Å². The smallest absolute Gasteiger partial charge is 0.308 e. The molecular weight excluding hydrogens is 440 g/mol. The first kappa shape index (κ1) is 26.6. The van der Waals surface area contributed by atoms with Crippen molar-refractivity contribution in [3.8, 4) is 23.0 Å². The molecule has 0 amide bonds. The molecule has 8 nitrogen and oxygen atoms in total. The van der Waals surface area contributed by atoms with Crippen molar-refractivity contribution < 1.29 is 38.1 Å². The third kappa shape index (κ3) is 7.16. The Morgan fingerprint density at radius 1 is 0.559 bits per heavy atom. The molecule has 0 saturated carbocycles. The van der Waals surface area contributed by atoms with Gasteiger partial charge in [-0.25, -0.2) is 0 Å². The Bertz CT molecular complexity index is 987. The average molecular weight is 471 g/mol. The molecular formula is C26H30O8. The van der Waals surface area contributed by atoms with Crippen molar-refractivity contribution >= 4 is 23.9 Å². The van der Waals surface area contributed by atoms with E-state index in [9.17, 15) is 19.2 Å². The number of hydrogen-bond acceptors (Lipinski definition) is 8. The monoisotopic (exact) mass is 470 g/mol. The van der Waals surface area contributed by atoms with Crippen LogP contribution in [0.4, 0.5) is 0 Å². The van der Waals surface area contributed by atoms with Gasteiger partial charge in [-0.05, 0) is 60.1 Å². The molecule has 8 heteroatoms. The number of carbonyl (C=O) groups excluding carboxylic acids is 4. The maximum absolute atomic E-state index is 11.6. The molecule has 182 valence electrons. The predicted octanol–water partition coefficient (Wildman–Crippen LogP) is 5.08. The Kier molecular flexibility index (Phi) is 9.36. The molecule has 2 atom stereocenters. The summed E-state index contributed by atoms with van der Waals surface area (Å²) in [6.45, 7) is 9.18. The summed E-state index contributed by atoms with van der Waals surface area (Å²) in [6.07, 6.45) is 1.50. The van der Waals surface area contributed by atoms with Gasteiger partial charge in [0.05, 0.1) is 0 Å². The van der Waals surface area contributed by atoms with Crippen LogP contribution in [0.15, 0.2) is 36.4 Å². The Hall–Kier alpha value is -3.68. The lowest BCUT2D eigenvalue weighted by Gasteiger charge is -2.27. The van der Waals surface area contributed by atoms with Gasteiger partial charge >= 0.3 is 23.9 Å². The van der Waals surface area contributed by atoms with Crippen LogP contribution in [-0.2, 0) is 19.2 Å². The Balaban J connectivity index is 2.52. The summed E-state index contributed by atoms with van der Waals surface area (Å²) < 4.78 is 20.9. The maximum atomic E-state index is 11.6. The molecule has 0 heterocycles. The fourth-order valence-corrected chi connectivity index (χ4v) is 3.96. The maximum Gasteiger partial charge on any atom is 0.308 e. The molecule has 2 aromatic carbocycles. The molecule has 0 saturated heterocycles. The fourth-order valence-electron chi connectivity index (χ4n) is 3.96. The van der Waals surface area contributed by atoms with E-state index in [-0.39, 0.29) is 34.8 Å². The van der Waals surface area contributed by atoms with E-state index in [2.05, 4.69) is 0 Å². The van der Waals surface area contributed by atoms with Crippen molar-refractivity contribution in [3.63, 3.8) is 0 Å². The standard InChI is InChI=1S/C26H30O8/c1-7-21(19-9-11-23(31-15(3)27)25(13-19)33-17(5)29)22(8-2)20-10-12-24(32-16(4)28)26(14-20)34-18(6)30/h9-14,21-22H,7-8H2,1-6H3. The summed E-state index contributed by atoms with van der Waals surface area (Å²) in [7, 11) is 0. The normalized spacial score (nSPS) is 12.3. The largest absolute Gasteiger partial charge is 0.423 e. The summed E-state index contributed by atoms with van der Waals surface area (Å²) in [5, 5.41) is 0. The topological polar surface area (TPSA) is 105 Å². The van der Waals surface area contributed by atoms with Crippen LogP contribution in [0, 0.1) is 0 Å². The lowest BCUT2D eigenvalue weighted by molar-refractivity contribution is -0.134. The summed E-state index contributed by atoms with van der Waals surface area (Å²) in [4.78, 5) is 46.1. The minimum Gasteiger partial charge on any atom is -0.423 e. The summed E-state index contributed by atoms with van der Waals surface area (Å²) in [5.41, 5.74) is 1.78. The van der Waals surface area contributed by atoms with Crippen molar-refractivity contribution in [2.45, 2.75) is 66.2 Å². The van der Waals surface area contributed by atoms with E-state index < -0.39 is 23.9 Å². The average Bonchev–Trinajstić information content (AvgIpc) is 2.73. The highest BCUT2D eigenvalue weighted by Crippen LogP contribution is 2.43. The molecule has 0 radical (unpaired) electrons. The van der Waals surface area contributed by atoms with Crippen LogP contribution in [0.1, 0.15) is 77.3 Å². The summed E-state index contributed by atoms with van der Waals surface area (Å²) in [5.74, 6) is -1.45. The van der Waals surface area contributed by atoms with E-state index >= 15 is 0 Å². The molecule has 2 unspecified atom stereocenters. The SMILES string of the molecule is CCC(c1ccc(OC(C)=O)c(OC(C)=O)c1)C(CC)c1ccc(OC(C)=O)c(OC(C)=O)c1. The molecule has 0 bridgehead atoms. The molecule has 2 aromatic rings. The molecule has 0 fully saturated rings. The highest BCUT2D eigenvalue weighted by Gasteiger charge is 2.25. The van der Waals surface area contributed by atoms with Crippen molar-refractivity contribution in [1.29, 1.82) is 0 Å². The van der Waals surface area contributed by atoms with Crippen molar-refractivity contribution in [3.05, 3.63) is 47.5 Å². The Morgan fingerprint density at radius 3 is 1.12 bits per heavy atom. The van der Waals surface area contributed by atoms with Gasteiger partial charge in [-0.3, -0.25) is 19.2 Å². The molecule has 0 aliphatic carbocycles. The number of hydrogen-bond donors (Lipinski definition) is 0. The van der Waals surface area contributed by atoms with Gasteiger partial charge in [-0.2, -0.15) is 0 Å². The van der Waals surface area contributed by atoms with Gasteiger partial charge in [-0.15, -0.1) is 0 Å². The van der Waals surface area contributed by atoms with Crippen LogP contribution < -0.4 is 18.9 Å². The zero-order valence-electron chi connectivity index (χ0n) is 20.3. The molecule has 0 aliphatic rings. The fraction of sp³-hybridized carbons (Fsp3) is 0.385. The van der Waals surface area contributed by atoms with E-state index in [0.717, 1.165) is 24.0 Å². The number of carbonyl (C=O) groups is 4. The Labute approximate surface area is 199 Å². The Morgan fingerprint density at radius 2 is 0.853 bits per heavy atom. The van der Waals surface area contributed by atoms with Crippen LogP contribution in [0.3, 0.4) is 0 Å². The van der Waals surface area contributed by atoms with Crippen LogP contribution >= 0.6 is 0 Å². The van der Waals surface area contributed by atoms with Gasteiger partial charge in [0.25, 0.3) is 0 Å². The van der Waals surface area contributed by atoms with E-state index in [4.69, 9.17) is 18.9 Å². The van der Waals surface area contributed by atoms with E-state index in [1.807, 2.05) is 26.0 Å². The van der Waals surface area contributed by atoms with Crippen molar-refractivity contribution in [1.82, 2.24) is 0 Å². The minimum atomic E-state index is -0.530. The van der Waals surface area contributed by atoms with Gasteiger partial charge < -0.3 is 18.9 Å². The molecule has 2 rings (SSSR count). The first-order valence-corrected chi connectivity index (χ1v) is 11.1. The van der Waals surface area contributed by atoms with Gasteiger partial charge in [0, 0.05) is 27.7 Å². The molecule has 0 spiro atoms. The lowest BCUT2D eigenvalue weighted by atomic mass is 9.78. The molecule has 34 heavy (non-hydrogen) atoms. The van der Waals surface area contributed by atoms with E-state index in [1.54, 1.807) is 24.3 Å². The highest BCUT2D eigenvalue weighted by atomic mass is 16.6. The highest BCUT2D eigenvalue weighted by molar-refractivity contribution is 5.74. The summed E-state index contributed by atoms with van der Waals surface area (Å²) in [6, 6.07) is 10.3. The van der Waals surface area contributed by atoms with Gasteiger partial charge in [0.1, 0.15) is 0 Å². The number of ether oxygens (including phenoxy) is 4. The molecule has 0 aliphatic heterocycles. The van der Waals surface area contributed by atoms with Crippen LogP contribution in [0.2, 0.25) is 0 Å². The summed E-state index contributed by atoms with van der Waals surface area (Å²) >= 11 is 0. The van der Waals surface area contributed by atoms with Gasteiger partial charge in [0.15, 0.2) is 23.0 Å². The van der Waals surface area contributed by atoms with Crippen molar-refractivity contribution in [2.75, 3.05) is 0 Å². The second kappa shape index (κ2) is 12.0. The zero-order valence-corrected chi connectivity index (χ0v) is 20.3. The van der Waals surface area contributed by atoms with Crippen LogP contribution in [0.25, 0.3) is 0 Å². The molecule has 0 aromatic heterocycles. The number of rotatable bonds is 9. The van der Waals surface area contributed by atoms with E-state index in [1.165, 1.54) is 27.7 Å². The first-order chi connectivity index (χ1) is 16.0. The number of esters is 4. The van der Waals surface area contributed by atoms with Crippen LogP contribution in [-0.4, -0.2) is 23.9 Å². The lowest BCUT2D eigenvalue weighted by Crippen LogP contribution is -2.13. The third-order valence-corrected chi connectivity index (χ3v) is 5.17. The molecule has 0 N–H and O–H groups in total. The quantitative estimate of drug-likeness (QED) is 0.369. The van der Waals surface area contributed by atoms with E-state index in [0.29, 0.717) is 0 Å². The first-order valence-electron chi connectivity index (χ1n) is 11.1.